The normalized spacial score (nSPS) is 12.3. The SMILES string of the molecule is CCNC(=NCCN(C)c1ccccc1)NC(C)COC.I. The van der Waals surface area contributed by atoms with Crippen molar-refractivity contribution >= 4 is 35.6 Å². The quantitative estimate of drug-likeness (QED) is 0.385. The van der Waals surface area contributed by atoms with E-state index in [1.165, 1.54) is 5.69 Å². The molecule has 0 aliphatic carbocycles. The van der Waals surface area contributed by atoms with Crippen LogP contribution in [0.3, 0.4) is 0 Å². The lowest BCUT2D eigenvalue weighted by atomic mass is 10.3. The lowest BCUT2D eigenvalue weighted by molar-refractivity contribution is 0.179. The Balaban J connectivity index is 0.00000441. The smallest absolute Gasteiger partial charge is 0.191 e. The van der Waals surface area contributed by atoms with Gasteiger partial charge in [-0.1, -0.05) is 18.2 Å². The molecule has 1 aromatic carbocycles. The number of ether oxygens (including phenoxy) is 1. The maximum atomic E-state index is 5.13. The van der Waals surface area contributed by atoms with Gasteiger partial charge in [-0.25, -0.2) is 0 Å². The van der Waals surface area contributed by atoms with Gasteiger partial charge in [-0.2, -0.15) is 0 Å². The van der Waals surface area contributed by atoms with E-state index in [1.54, 1.807) is 7.11 Å². The largest absolute Gasteiger partial charge is 0.383 e. The van der Waals surface area contributed by atoms with Crippen LogP contribution in [0.15, 0.2) is 35.3 Å². The van der Waals surface area contributed by atoms with E-state index in [0.717, 1.165) is 25.6 Å². The Morgan fingerprint density at radius 2 is 2.00 bits per heavy atom. The molecule has 1 aromatic rings. The van der Waals surface area contributed by atoms with Gasteiger partial charge >= 0.3 is 0 Å². The number of halogens is 1. The molecule has 0 heterocycles. The van der Waals surface area contributed by atoms with E-state index in [9.17, 15) is 0 Å². The third-order valence-electron chi connectivity index (χ3n) is 3.05. The summed E-state index contributed by atoms with van der Waals surface area (Å²) in [4.78, 5) is 6.80. The standard InChI is InChI=1S/C16H28N4O.HI/c1-5-17-16(19-14(2)13-21-4)18-11-12-20(3)15-9-7-6-8-10-15;/h6-10,14H,5,11-13H2,1-4H3,(H2,17,18,19);1H. The fourth-order valence-electron chi connectivity index (χ4n) is 1.97. The minimum Gasteiger partial charge on any atom is -0.383 e. The van der Waals surface area contributed by atoms with E-state index < -0.39 is 0 Å². The zero-order chi connectivity index (χ0) is 15.5. The summed E-state index contributed by atoms with van der Waals surface area (Å²) in [5.74, 6) is 0.837. The first-order chi connectivity index (χ1) is 10.2. The molecular weight excluding hydrogens is 391 g/mol. The fraction of sp³-hybridized carbons (Fsp3) is 0.562. The monoisotopic (exact) mass is 420 g/mol. The average molecular weight is 420 g/mol. The predicted octanol–water partition coefficient (Wildman–Crippen LogP) is 2.33. The lowest BCUT2D eigenvalue weighted by Crippen LogP contribution is -2.44. The molecule has 0 bridgehead atoms. The van der Waals surface area contributed by atoms with Gasteiger partial charge in [-0.05, 0) is 26.0 Å². The molecule has 1 unspecified atom stereocenters. The molecule has 0 aliphatic heterocycles. The summed E-state index contributed by atoms with van der Waals surface area (Å²) in [6.07, 6.45) is 0. The second-order valence-corrected chi connectivity index (χ2v) is 5.02. The Hall–Kier alpha value is -1.02. The van der Waals surface area contributed by atoms with E-state index in [1.807, 2.05) is 18.2 Å². The van der Waals surface area contributed by atoms with Crippen molar-refractivity contribution < 1.29 is 4.74 Å². The van der Waals surface area contributed by atoms with Crippen molar-refractivity contribution in [2.45, 2.75) is 19.9 Å². The number of hydrogen-bond donors (Lipinski definition) is 2. The molecular formula is C16H29IN4O. The number of hydrogen-bond acceptors (Lipinski definition) is 3. The number of guanidine groups is 1. The van der Waals surface area contributed by atoms with Crippen LogP contribution in [-0.4, -0.2) is 52.4 Å². The van der Waals surface area contributed by atoms with Crippen molar-refractivity contribution in [1.82, 2.24) is 10.6 Å². The maximum absolute atomic E-state index is 5.13. The predicted molar refractivity (Wildman–Crippen MR) is 106 cm³/mol. The van der Waals surface area contributed by atoms with Crippen molar-refractivity contribution in [2.24, 2.45) is 4.99 Å². The summed E-state index contributed by atoms with van der Waals surface area (Å²) >= 11 is 0. The molecule has 0 spiro atoms. The molecule has 5 nitrogen and oxygen atoms in total. The number of nitrogens with zero attached hydrogens (tertiary/aromatic N) is 2. The highest BCUT2D eigenvalue weighted by molar-refractivity contribution is 14.0. The van der Waals surface area contributed by atoms with Gasteiger partial charge in [0.05, 0.1) is 13.2 Å². The summed E-state index contributed by atoms with van der Waals surface area (Å²) in [5.41, 5.74) is 1.21. The highest BCUT2D eigenvalue weighted by Gasteiger charge is 2.04. The summed E-state index contributed by atoms with van der Waals surface area (Å²) < 4.78 is 5.13. The minimum atomic E-state index is 0. The molecule has 0 radical (unpaired) electrons. The van der Waals surface area contributed by atoms with Crippen molar-refractivity contribution in [1.29, 1.82) is 0 Å². The molecule has 0 saturated carbocycles. The molecule has 6 heteroatoms. The maximum Gasteiger partial charge on any atom is 0.191 e. The van der Waals surface area contributed by atoms with Gasteiger partial charge in [0.1, 0.15) is 0 Å². The zero-order valence-corrected chi connectivity index (χ0v) is 16.3. The molecule has 22 heavy (non-hydrogen) atoms. The first-order valence-electron chi connectivity index (χ1n) is 7.47. The highest BCUT2D eigenvalue weighted by Crippen LogP contribution is 2.09. The van der Waals surface area contributed by atoms with Crippen LogP contribution in [0.1, 0.15) is 13.8 Å². The number of likely N-dealkylation sites (N-methyl/N-ethyl adjacent to an activating group) is 1. The van der Waals surface area contributed by atoms with Crippen LogP contribution in [0.2, 0.25) is 0 Å². The summed E-state index contributed by atoms with van der Waals surface area (Å²) in [6.45, 7) is 7.26. The number of methoxy groups -OCH3 is 1. The third-order valence-corrected chi connectivity index (χ3v) is 3.05. The van der Waals surface area contributed by atoms with E-state index in [0.29, 0.717) is 6.61 Å². The molecule has 0 fully saturated rings. The van der Waals surface area contributed by atoms with Gasteiger partial charge < -0.3 is 20.3 Å². The van der Waals surface area contributed by atoms with Crippen LogP contribution >= 0.6 is 24.0 Å². The molecule has 0 amide bonds. The zero-order valence-electron chi connectivity index (χ0n) is 14.0. The second kappa shape index (κ2) is 12.5. The van der Waals surface area contributed by atoms with Gasteiger partial charge in [0.15, 0.2) is 5.96 Å². The molecule has 0 aromatic heterocycles. The van der Waals surface area contributed by atoms with Crippen LogP contribution in [0.4, 0.5) is 5.69 Å². The molecule has 2 N–H and O–H groups in total. The van der Waals surface area contributed by atoms with E-state index in [2.05, 4.69) is 53.6 Å². The fourth-order valence-corrected chi connectivity index (χ4v) is 1.97. The van der Waals surface area contributed by atoms with Gasteiger partial charge in [-0.15, -0.1) is 24.0 Å². The molecule has 0 saturated heterocycles. The molecule has 1 rings (SSSR count). The Kier molecular flexibility index (Phi) is 11.9. The van der Waals surface area contributed by atoms with Crippen LogP contribution in [0.5, 0.6) is 0 Å². The van der Waals surface area contributed by atoms with Gasteiger partial charge in [0, 0.05) is 39.0 Å². The number of nitrogens with one attached hydrogen (secondary N) is 2. The first kappa shape index (κ1) is 21.0. The number of anilines is 1. The number of rotatable bonds is 8. The van der Waals surface area contributed by atoms with Crippen LogP contribution in [-0.2, 0) is 4.74 Å². The Bertz CT molecular complexity index is 414. The molecule has 0 aliphatic rings. The molecule has 126 valence electrons. The Morgan fingerprint density at radius 1 is 1.32 bits per heavy atom. The minimum absolute atomic E-state index is 0. The highest BCUT2D eigenvalue weighted by atomic mass is 127. The number of para-hydroxylation sites is 1. The van der Waals surface area contributed by atoms with Crippen molar-refractivity contribution in [3.63, 3.8) is 0 Å². The van der Waals surface area contributed by atoms with Crippen molar-refractivity contribution in [3.05, 3.63) is 30.3 Å². The first-order valence-corrected chi connectivity index (χ1v) is 7.47. The van der Waals surface area contributed by atoms with Crippen LogP contribution in [0.25, 0.3) is 0 Å². The summed E-state index contributed by atoms with van der Waals surface area (Å²) in [6, 6.07) is 10.6. The van der Waals surface area contributed by atoms with Gasteiger partial charge in [0.25, 0.3) is 0 Å². The average Bonchev–Trinajstić information content (AvgIpc) is 2.48. The van der Waals surface area contributed by atoms with E-state index in [-0.39, 0.29) is 30.0 Å². The lowest BCUT2D eigenvalue weighted by Gasteiger charge is -2.20. The summed E-state index contributed by atoms with van der Waals surface area (Å²) in [7, 11) is 3.79. The third kappa shape index (κ3) is 8.43. The Morgan fingerprint density at radius 3 is 2.59 bits per heavy atom. The van der Waals surface area contributed by atoms with E-state index >= 15 is 0 Å². The van der Waals surface area contributed by atoms with Crippen molar-refractivity contribution in [2.75, 3.05) is 45.3 Å². The van der Waals surface area contributed by atoms with Crippen molar-refractivity contribution in [3.8, 4) is 0 Å². The van der Waals surface area contributed by atoms with Crippen LogP contribution in [0, 0.1) is 0 Å². The van der Waals surface area contributed by atoms with Gasteiger partial charge in [-0.3, -0.25) is 4.99 Å². The van der Waals surface area contributed by atoms with Gasteiger partial charge in [0.2, 0.25) is 0 Å². The van der Waals surface area contributed by atoms with Crippen LogP contribution < -0.4 is 15.5 Å². The molecule has 1 atom stereocenters. The second-order valence-electron chi connectivity index (χ2n) is 5.02. The topological polar surface area (TPSA) is 48.9 Å². The number of aliphatic imine (C=N–C) groups is 1. The summed E-state index contributed by atoms with van der Waals surface area (Å²) in [5, 5.41) is 6.58. The van der Waals surface area contributed by atoms with E-state index in [4.69, 9.17) is 4.74 Å². The number of benzene rings is 1. The Labute approximate surface area is 151 Å².